The number of benzene rings is 4. The van der Waals surface area contributed by atoms with Gasteiger partial charge in [-0.2, -0.15) is 5.26 Å². The van der Waals surface area contributed by atoms with Crippen molar-refractivity contribution in [2.24, 2.45) is 0 Å². The van der Waals surface area contributed by atoms with Crippen LogP contribution in [0.1, 0.15) is 11.1 Å². The van der Waals surface area contributed by atoms with E-state index in [2.05, 4.69) is 5.32 Å². The van der Waals surface area contributed by atoms with Crippen LogP contribution in [0.3, 0.4) is 0 Å². The zero-order chi connectivity index (χ0) is 24.1. The molecule has 0 heterocycles. The average molecular weight is 489 g/mol. The number of amides is 1. The molecule has 0 atom stereocenters. The molecule has 0 radical (unpaired) electrons. The van der Waals surface area contributed by atoms with Crippen LogP contribution in [0.2, 0.25) is 10.0 Å². The van der Waals surface area contributed by atoms with Crippen LogP contribution in [0.25, 0.3) is 16.8 Å². The van der Waals surface area contributed by atoms with Gasteiger partial charge in [0.1, 0.15) is 24.0 Å². The first kappa shape index (κ1) is 23.2. The number of nitrogens with zero attached hydrogens (tertiary/aromatic N) is 1. The van der Waals surface area contributed by atoms with Crippen LogP contribution in [-0.2, 0) is 11.4 Å². The lowest BCUT2D eigenvalue weighted by Gasteiger charge is -2.12. The molecule has 168 valence electrons. The molecule has 0 bridgehead atoms. The number of rotatable bonds is 6. The topological polar surface area (TPSA) is 82.3 Å². The Morgan fingerprint density at radius 3 is 2.32 bits per heavy atom. The lowest BCUT2D eigenvalue weighted by Crippen LogP contribution is -2.13. The van der Waals surface area contributed by atoms with Crippen LogP contribution in [0.15, 0.2) is 84.4 Å². The van der Waals surface area contributed by atoms with Crippen molar-refractivity contribution in [1.82, 2.24) is 0 Å². The number of anilines is 1. The molecule has 0 aliphatic rings. The number of nitrogens with one attached hydrogen (secondary N) is 1. The second-order valence-corrected chi connectivity index (χ2v) is 8.27. The molecular weight excluding hydrogens is 471 g/mol. The summed E-state index contributed by atoms with van der Waals surface area (Å²) in [5.41, 5.74) is 1.75. The van der Waals surface area contributed by atoms with E-state index in [0.717, 1.165) is 16.3 Å². The molecule has 0 aliphatic carbocycles. The van der Waals surface area contributed by atoms with Crippen molar-refractivity contribution in [2.75, 3.05) is 5.32 Å². The minimum absolute atomic E-state index is 0.0706. The number of phenolic OH excluding ortho intramolecular Hbond substituents is 1. The number of phenols is 1. The van der Waals surface area contributed by atoms with Crippen molar-refractivity contribution in [2.45, 2.75) is 6.61 Å². The maximum atomic E-state index is 12.5. The second kappa shape index (κ2) is 10.3. The summed E-state index contributed by atoms with van der Waals surface area (Å²) >= 11 is 12.8. The zero-order valence-corrected chi connectivity index (χ0v) is 19.3. The second-order valence-electron chi connectivity index (χ2n) is 7.45. The third-order valence-corrected chi connectivity index (χ3v) is 5.58. The Morgan fingerprint density at radius 2 is 1.65 bits per heavy atom. The van der Waals surface area contributed by atoms with Crippen molar-refractivity contribution in [3.8, 4) is 17.6 Å². The highest BCUT2D eigenvalue weighted by Gasteiger charge is 2.13. The number of hydrogen-bond donors (Lipinski definition) is 2. The molecule has 34 heavy (non-hydrogen) atoms. The number of carbonyl (C=O) groups excluding carboxylic acids is 1. The SMILES string of the molecule is N#C/C(=C\c1cc(Cl)c(OCc2ccc3ccccc3c2)c(Cl)c1)C(=O)Nc1ccc(O)cc1. The molecule has 7 heteroatoms. The monoisotopic (exact) mass is 488 g/mol. The van der Waals surface area contributed by atoms with Gasteiger partial charge in [-0.15, -0.1) is 0 Å². The van der Waals surface area contributed by atoms with Crippen LogP contribution in [0, 0.1) is 11.3 Å². The summed E-state index contributed by atoms with van der Waals surface area (Å²) in [6, 6.07) is 25.0. The third-order valence-electron chi connectivity index (χ3n) is 5.02. The van der Waals surface area contributed by atoms with Crippen molar-refractivity contribution >= 4 is 51.6 Å². The van der Waals surface area contributed by atoms with Gasteiger partial charge in [0.2, 0.25) is 0 Å². The maximum Gasteiger partial charge on any atom is 0.266 e. The molecule has 0 aliphatic heterocycles. The smallest absolute Gasteiger partial charge is 0.266 e. The summed E-state index contributed by atoms with van der Waals surface area (Å²) < 4.78 is 5.88. The molecule has 0 fully saturated rings. The van der Waals surface area contributed by atoms with Gasteiger partial charge in [-0.05, 0) is 70.4 Å². The Bertz CT molecular complexity index is 1420. The van der Waals surface area contributed by atoms with Crippen LogP contribution in [-0.4, -0.2) is 11.0 Å². The minimum atomic E-state index is -0.600. The molecule has 0 unspecified atom stereocenters. The van der Waals surface area contributed by atoms with Crippen molar-refractivity contribution < 1.29 is 14.6 Å². The summed E-state index contributed by atoms with van der Waals surface area (Å²) in [5.74, 6) is -0.209. The highest BCUT2D eigenvalue weighted by atomic mass is 35.5. The Labute approximate surface area is 206 Å². The molecule has 0 aromatic heterocycles. The molecule has 0 spiro atoms. The Morgan fingerprint density at radius 1 is 0.971 bits per heavy atom. The van der Waals surface area contributed by atoms with E-state index in [-0.39, 0.29) is 28.0 Å². The fourth-order valence-electron chi connectivity index (χ4n) is 3.34. The average Bonchev–Trinajstić information content (AvgIpc) is 2.83. The first-order valence-corrected chi connectivity index (χ1v) is 11.0. The van der Waals surface area contributed by atoms with Gasteiger partial charge < -0.3 is 15.2 Å². The Kier molecular flexibility index (Phi) is 7.03. The first-order valence-electron chi connectivity index (χ1n) is 10.2. The van der Waals surface area contributed by atoms with E-state index in [4.69, 9.17) is 27.9 Å². The number of fused-ring (bicyclic) bond motifs is 1. The quantitative estimate of drug-likeness (QED) is 0.174. The lowest BCUT2D eigenvalue weighted by atomic mass is 10.1. The van der Waals surface area contributed by atoms with E-state index in [1.54, 1.807) is 12.1 Å². The molecule has 0 saturated heterocycles. The van der Waals surface area contributed by atoms with E-state index in [9.17, 15) is 15.2 Å². The van der Waals surface area contributed by atoms with Gasteiger partial charge in [-0.25, -0.2) is 0 Å². The summed E-state index contributed by atoms with van der Waals surface area (Å²) in [7, 11) is 0. The number of ether oxygens (including phenoxy) is 1. The number of aromatic hydroxyl groups is 1. The van der Waals surface area contributed by atoms with Crippen LogP contribution >= 0.6 is 23.2 Å². The standard InChI is InChI=1S/C27H18Cl2N2O3/c28-24-13-18(12-21(15-30)27(33)31-22-7-9-23(32)10-8-22)14-25(29)26(24)34-16-17-5-6-19-3-1-2-4-20(19)11-17/h1-14,32H,16H2,(H,31,33)/b21-12+. The molecule has 4 rings (SSSR count). The fourth-order valence-corrected chi connectivity index (χ4v) is 3.96. The summed E-state index contributed by atoms with van der Waals surface area (Å²) in [6.45, 7) is 0.276. The Balaban J connectivity index is 1.50. The molecule has 4 aromatic rings. The number of carbonyl (C=O) groups is 1. The molecule has 4 aromatic carbocycles. The van der Waals surface area contributed by atoms with Gasteiger partial charge in [0.05, 0.1) is 10.0 Å². The van der Waals surface area contributed by atoms with E-state index in [0.29, 0.717) is 17.0 Å². The maximum absolute atomic E-state index is 12.5. The number of nitriles is 1. The molecule has 5 nitrogen and oxygen atoms in total. The van der Waals surface area contributed by atoms with Gasteiger partial charge in [-0.3, -0.25) is 4.79 Å². The predicted octanol–water partition coefficient (Wildman–Crippen LogP) is 6.98. The predicted molar refractivity (Wildman–Crippen MR) is 135 cm³/mol. The van der Waals surface area contributed by atoms with Crippen molar-refractivity contribution in [3.63, 3.8) is 0 Å². The van der Waals surface area contributed by atoms with Gasteiger partial charge in [0.25, 0.3) is 5.91 Å². The van der Waals surface area contributed by atoms with Crippen molar-refractivity contribution in [1.29, 1.82) is 5.26 Å². The summed E-state index contributed by atoms with van der Waals surface area (Å²) in [4.78, 5) is 12.5. The fraction of sp³-hybridized carbons (Fsp3) is 0.0370. The Hall–Kier alpha value is -3.98. The third kappa shape index (κ3) is 5.49. The van der Waals surface area contributed by atoms with Gasteiger partial charge in [0, 0.05) is 5.69 Å². The molecule has 1 amide bonds. The van der Waals surface area contributed by atoms with E-state index < -0.39 is 5.91 Å². The van der Waals surface area contributed by atoms with Crippen molar-refractivity contribution in [3.05, 3.63) is 106 Å². The van der Waals surface area contributed by atoms with Gasteiger partial charge in [0.15, 0.2) is 5.75 Å². The van der Waals surface area contributed by atoms with E-state index in [1.165, 1.54) is 30.3 Å². The number of hydrogen-bond acceptors (Lipinski definition) is 4. The minimum Gasteiger partial charge on any atom is -0.508 e. The molecule has 0 saturated carbocycles. The van der Waals surface area contributed by atoms with Gasteiger partial charge in [-0.1, -0.05) is 59.6 Å². The molecule has 2 N–H and O–H groups in total. The highest BCUT2D eigenvalue weighted by molar-refractivity contribution is 6.37. The summed E-state index contributed by atoms with van der Waals surface area (Å²) in [6.07, 6.45) is 1.39. The van der Waals surface area contributed by atoms with E-state index in [1.807, 2.05) is 48.5 Å². The van der Waals surface area contributed by atoms with Gasteiger partial charge >= 0.3 is 0 Å². The number of halogens is 2. The summed E-state index contributed by atoms with van der Waals surface area (Å²) in [5, 5.41) is 24.2. The van der Waals surface area contributed by atoms with E-state index >= 15 is 0 Å². The van der Waals surface area contributed by atoms with Crippen LogP contribution < -0.4 is 10.1 Å². The van der Waals surface area contributed by atoms with Crippen LogP contribution in [0.5, 0.6) is 11.5 Å². The molecular formula is C27H18Cl2N2O3. The zero-order valence-electron chi connectivity index (χ0n) is 17.8. The normalized spacial score (nSPS) is 11.1. The van der Waals surface area contributed by atoms with Crippen LogP contribution in [0.4, 0.5) is 5.69 Å². The largest absolute Gasteiger partial charge is 0.508 e. The highest BCUT2D eigenvalue weighted by Crippen LogP contribution is 2.35. The lowest BCUT2D eigenvalue weighted by molar-refractivity contribution is -0.112. The first-order chi connectivity index (χ1) is 16.4.